The van der Waals surface area contributed by atoms with Crippen LogP contribution in [-0.2, 0) is 41.4 Å². The van der Waals surface area contributed by atoms with Crippen LogP contribution in [0.15, 0.2) is 158 Å². The summed E-state index contributed by atoms with van der Waals surface area (Å²) in [6.45, 7) is 3.63. The quantitative estimate of drug-likeness (QED) is 0.153. The molecule has 8 aromatic carbocycles. The van der Waals surface area contributed by atoms with Crippen molar-refractivity contribution < 1.29 is 52.3 Å². The maximum absolute atomic E-state index is 14.3. The molecule has 0 fully saturated rings. The topological polar surface area (TPSA) is 149 Å². The lowest BCUT2D eigenvalue weighted by molar-refractivity contribution is -0.151. The third-order valence-corrected chi connectivity index (χ3v) is 14.4. The minimum Gasteiger partial charge on any atom is -0.491 e. The Hall–Kier alpha value is -8.39. The molecular formula is C63H58N2O11. The van der Waals surface area contributed by atoms with Gasteiger partial charge in [0, 0.05) is 41.0 Å². The first-order valence-electron chi connectivity index (χ1n) is 25.8. The molecule has 0 bridgehead atoms. The summed E-state index contributed by atoms with van der Waals surface area (Å²) in [6.07, 6.45) is -0.714. The molecule has 1 atom stereocenters. The number of methoxy groups -OCH3 is 1. The fourth-order valence-electron chi connectivity index (χ4n) is 11.0. The van der Waals surface area contributed by atoms with E-state index in [1.54, 1.807) is 6.92 Å². The standard InChI is InChI=1S/C63H58N2O11/c1-40(64-62(68)76-39-51-49-21-9-7-19-47(49)48-20-8-10-22-50(48)51)60(66)65-63(61(67)69-2)37-43-15-11-23-52-56(43)57-44(38-63)16-12-24-53(57)73-34-30-71-32-36-75-55-28-26-42-14-4-6-18-46(42)59(55)58-45-17-5-3-13-41(45)25-27-54(58)74-35-31-70-29-33-72-52/h3-28,40,51H,29-39H2,1-2H3,(H,64,68)(H,65,66)/t40-/m0/s1. The van der Waals surface area contributed by atoms with Gasteiger partial charge in [-0.15, -0.1) is 0 Å². The van der Waals surface area contributed by atoms with Crippen LogP contribution in [0.25, 0.3) is 54.9 Å². The third kappa shape index (κ3) is 9.99. The second-order valence-electron chi connectivity index (χ2n) is 19.1. The molecule has 386 valence electrons. The highest BCUT2D eigenvalue weighted by molar-refractivity contribution is 6.10. The maximum Gasteiger partial charge on any atom is 0.407 e. The molecule has 0 unspecified atom stereocenters. The first-order valence-corrected chi connectivity index (χ1v) is 25.8. The van der Waals surface area contributed by atoms with Crippen molar-refractivity contribution in [3.8, 4) is 56.4 Å². The number of rotatable bonds is 6. The van der Waals surface area contributed by atoms with Gasteiger partial charge in [-0.2, -0.15) is 0 Å². The number of ether oxygens (including phenoxy) is 8. The second-order valence-corrected chi connectivity index (χ2v) is 19.1. The summed E-state index contributed by atoms with van der Waals surface area (Å²) in [7, 11) is 1.29. The number of amides is 2. The van der Waals surface area contributed by atoms with Crippen molar-refractivity contribution in [2.45, 2.75) is 37.3 Å². The van der Waals surface area contributed by atoms with Gasteiger partial charge in [-0.1, -0.05) is 133 Å². The fraction of sp³-hybridized carbons (Fsp3) is 0.254. The SMILES string of the molecule is COC(=O)C1(NC(=O)[C@H](C)NC(=O)OCC2c3ccccc3-c3ccccc32)Cc2cccc3c2-c2c(cccc2OCCOCCOc2ccc4ccccc4c2-c2c(ccc4ccccc24)OCCOCCO3)C1. The van der Waals surface area contributed by atoms with Gasteiger partial charge in [0.15, 0.2) is 0 Å². The zero-order chi connectivity index (χ0) is 52.0. The number of carbonyl (C=O) groups excluding carboxylic acids is 3. The molecule has 13 nitrogen and oxygen atoms in total. The van der Waals surface area contributed by atoms with Crippen LogP contribution < -0.4 is 29.6 Å². The second kappa shape index (κ2) is 22.2. The number of hydrogen-bond donors (Lipinski definition) is 2. The molecular weight excluding hydrogens is 961 g/mol. The van der Waals surface area contributed by atoms with Crippen LogP contribution in [-0.4, -0.2) is 96.1 Å². The van der Waals surface area contributed by atoms with Gasteiger partial charge < -0.3 is 48.5 Å². The lowest BCUT2D eigenvalue weighted by Crippen LogP contribution is -2.61. The van der Waals surface area contributed by atoms with Crippen molar-refractivity contribution in [1.29, 1.82) is 0 Å². The molecule has 13 heteroatoms. The molecule has 0 saturated carbocycles. The minimum atomic E-state index is -1.62. The average Bonchev–Trinajstić information content (AvgIpc) is 3.80. The Morgan fingerprint density at radius 3 is 1.46 bits per heavy atom. The van der Waals surface area contributed by atoms with Crippen molar-refractivity contribution in [3.05, 3.63) is 180 Å². The highest BCUT2D eigenvalue weighted by atomic mass is 16.6. The van der Waals surface area contributed by atoms with Crippen molar-refractivity contribution in [2.24, 2.45) is 0 Å². The van der Waals surface area contributed by atoms with Crippen molar-refractivity contribution >= 4 is 39.5 Å². The van der Waals surface area contributed by atoms with Gasteiger partial charge in [0.2, 0.25) is 5.91 Å². The zero-order valence-corrected chi connectivity index (χ0v) is 42.4. The summed E-state index contributed by atoms with van der Waals surface area (Å²) in [6, 6.07) is 51.0. The number of carbonyl (C=O) groups is 3. The van der Waals surface area contributed by atoms with Crippen LogP contribution in [0.3, 0.4) is 0 Å². The van der Waals surface area contributed by atoms with Gasteiger partial charge in [-0.25, -0.2) is 9.59 Å². The molecule has 2 amide bonds. The average molecular weight is 1020 g/mol. The number of nitrogens with one attached hydrogen (secondary N) is 2. The molecule has 76 heavy (non-hydrogen) atoms. The summed E-state index contributed by atoms with van der Waals surface area (Å²) < 4.78 is 49.8. The summed E-state index contributed by atoms with van der Waals surface area (Å²) in [5.41, 5.74) is 7.39. The summed E-state index contributed by atoms with van der Waals surface area (Å²) in [5.74, 6) is 1.06. The normalized spacial score (nSPS) is 15.8. The Balaban J connectivity index is 0.838. The maximum atomic E-state index is 14.3. The highest BCUT2D eigenvalue weighted by Gasteiger charge is 2.46. The van der Waals surface area contributed by atoms with Gasteiger partial charge in [0.25, 0.3) is 0 Å². The molecule has 1 heterocycles. The van der Waals surface area contributed by atoms with E-state index in [2.05, 4.69) is 59.2 Å². The van der Waals surface area contributed by atoms with Crippen molar-refractivity contribution in [3.63, 3.8) is 0 Å². The van der Waals surface area contributed by atoms with E-state index in [0.29, 0.717) is 45.3 Å². The molecule has 2 N–H and O–H groups in total. The van der Waals surface area contributed by atoms with E-state index in [4.69, 9.17) is 37.9 Å². The first-order chi connectivity index (χ1) is 37.3. The molecule has 11 rings (SSSR count). The van der Waals surface area contributed by atoms with Crippen LogP contribution >= 0.6 is 0 Å². The predicted molar refractivity (Wildman–Crippen MR) is 290 cm³/mol. The van der Waals surface area contributed by atoms with Crippen LogP contribution in [0.2, 0.25) is 0 Å². The molecule has 0 spiro atoms. The Morgan fingerprint density at radius 2 is 0.974 bits per heavy atom. The highest BCUT2D eigenvalue weighted by Crippen LogP contribution is 2.48. The van der Waals surface area contributed by atoms with Crippen LogP contribution in [0.1, 0.15) is 35.1 Å². The summed E-state index contributed by atoms with van der Waals surface area (Å²) in [4.78, 5) is 42.0. The molecule has 3 aliphatic rings. The third-order valence-electron chi connectivity index (χ3n) is 14.4. The van der Waals surface area contributed by atoms with E-state index in [0.717, 1.165) is 54.9 Å². The van der Waals surface area contributed by atoms with Crippen molar-refractivity contribution in [2.75, 3.05) is 66.6 Å². The number of alkyl carbamates (subject to hydrolysis) is 1. The molecule has 0 radical (unpaired) electrons. The van der Waals surface area contributed by atoms with Crippen molar-refractivity contribution in [1.82, 2.24) is 10.6 Å². The lowest BCUT2D eigenvalue weighted by Gasteiger charge is -2.32. The van der Waals surface area contributed by atoms with E-state index in [-0.39, 0.29) is 78.2 Å². The van der Waals surface area contributed by atoms with Gasteiger partial charge >= 0.3 is 12.1 Å². The van der Waals surface area contributed by atoms with Crippen LogP contribution in [0, 0.1) is 0 Å². The molecule has 0 aromatic heterocycles. The largest absolute Gasteiger partial charge is 0.491 e. The van der Waals surface area contributed by atoms with E-state index in [9.17, 15) is 14.4 Å². The minimum absolute atomic E-state index is 0.0242. The number of esters is 1. The van der Waals surface area contributed by atoms with E-state index in [1.165, 1.54) is 7.11 Å². The Kier molecular flexibility index (Phi) is 14.6. The van der Waals surface area contributed by atoms with Crippen LogP contribution in [0.4, 0.5) is 4.79 Å². The number of hydrogen-bond acceptors (Lipinski definition) is 11. The Bertz CT molecular complexity index is 3270. The zero-order valence-electron chi connectivity index (χ0n) is 42.4. The lowest BCUT2D eigenvalue weighted by atomic mass is 9.86. The molecule has 1 aliphatic heterocycles. The molecule has 8 aromatic rings. The molecule has 0 saturated heterocycles. The predicted octanol–water partition coefficient (Wildman–Crippen LogP) is 10.6. The van der Waals surface area contributed by atoms with Gasteiger partial charge in [-0.05, 0) is 86.1 Å². The fourth-order valence-corrected chi connectivity index (χ4v) is 11.0. The number of fused-ring (bicyclic) bond motifs is 10. The summed E-state index contributed by atoms with van der Waals surface area (Å²) >= 11 is 0. The van der Waals surface area contributed by atoms with Gasteiger partial charge in [-0.3, -0.25) is 4.79 Å². The Labute approximate surface area is 440 Å². The van der Waals surface area contributed by atoms with Gasteiger partial charge in [0.1, 0.15) is 67.6 Å². The first kappa shape index (κ1) is 49.8. The van der Waals surface area contributed by atoms with E-state index < -0.39 is 29.6 Å². The van der Waals surface area contributed by atoms with Crippen LogP contribution in [0.5, 0.6) is 23.0 Å². The van der Waals surface area contributed by atoms with E-state index in [1.807, 2.05) is 109 Å². The number of benzene rings is 8. The monoisotopic (exact) mass is 1020 g/mol. The van der Waals surface area contributed by atoms with E-state index >= 15 is 0 Å². The smallest absolute Gasteiger partial charge is 0.407 e. The molecule has 2 aliphatic carbocycles. The Morgan fingerprint density at radius 1 is 0.526 bits per heavy atom. The van der Waals surface area contributed by atoms with Gasteiger partial charge in [0.05, 0.1) is 33.5 Å². The summed E-state index contributed by atoms with van der Waals surface area (Å²) in [5, 5.41) is 9.95.